The highest BCUT2D eigenvalue weighted by Gasteiger charge is 2.33. The number of imidazole rings is 1. The molecule has 2 atom stereocenters. The molecule has 1 aliphatic heterocycles. The van der Waals surface area contributed by atoms with Crippen molar-refractivity contribution < 1.29 is 4.79 Å². The first-order valence-electron chi connectivity index (χ1n) is 10.1. The first-order valence-corrected chi connectivity index (χ1v) is 10.1. The molecule has 1 aromatic heterocycles. The number of benzene rings is 2. The minimum Gasteiger partial charge on any atom is -0.338 e. The number of rotatable bonds is 2. The molecule has 0 unspecified atom stereocenters. The normalized spacial score (nSPS) is 22.6. The summed E-state index contributed by atoms with van der Waals surface area (Å²) in [5.41, 5.74) is 3.88. The maximum Gasteiger partial charge on any atom is 0.253 e. The number of fused-ring (bicyclic) bond motifs is 2. The molecule has 3 aromatic rings. The van der Waals surface area contributed by atoms with Crippen LogP contribution in [0.4, 0.5) is 0 Å². The predicted molar refractivity (Wildman–Crippen MR) is 107 cm³/mol. The Hall–Kier alpha value is -2.62. The molecule has 1 amide bonds. The molecule has 1 saturated heterocycles. The number of carbonyl (C=O) groups excluding carboxylic acids is 1. The van der Waals surface area contributed by atoms with E-state index in [4.69, 9.17) is 0 Å². The number of hydrogen-bond acceptors (Lipinski definition) is 2. The van der Waals surface area contributed by atoms with Gasteiger partial charge in [0.1, 0.15) is 6.33 Å². The molecule has 4 nitrogen and oxygen atoms in total. The topological polar surface area (TPSA) is 38.1 Å². The molecule has 4 heteroatoms. The summed E-state index contributed by atoms with van der Waals surface area (Å²) >= 11 is 0. The van der Waals surface area contributed by atoms with Crippen LogP contribution in [0, 0.1) is 11.8 Å². The fourth-order valence-electron chi connectivity index (χ4n) is 4.90. The summed E-state index contributed by atoms with van der Waals surface area (Å²) in [5.74, 6) is 1.74. The van der Waals surface area contributed by atoms with Gasteiger partial charge in [0, 0.05) is 24.3 Å². The Morgan fingerprint density at radius 3 is 2.56 bits per heavy atom. The number of likely N-dealkylation sites (tertiary alicyclic amines) is 1. The number of nitrogens with zero attached hydrogens (tertiary/aromatic N) is 3. The van der Waals surface area contributed by atoms with Crippen LogP contribution in [0.3, 0.4) is 0 Å². The van der Waals surface area contributed by atoms with Crippen molar-refractivity contribution in [1.82, 2.24) is 14.5 Å². The van der Waals surface area contributed by atoms with Crippen LogP contribution in [-0.4, -0.2) is 33.4 Å². The average molecular weight is 359 g/mol. The zero-order valence-electron chi connectivity index (χ0n) is 15.6. The second-order valence-electron chi connectivity index (χ2n) is 7.99. The molecule has 1 saturated carbocycles. The predicted octanol–water partition coefficient (Wildman–Crippen LogP) is 4.68. The highest BCUT2D eigenvalue weighted by atomic mass is 16.2. The highest BCUT2D eigenvalue weighted by molar-refractivity contribution is 5.94. The molecule has 27 heavy (non-hydrogen) atoms. The fraction of sp³-hybridized carbons (Fsp3) is 0.391. The van der Waals surface area contributed by atoms with Crippen LogP contribution in [0.15, 0.2) is 54.9 Å². The molecule has 2 aliphatic rings. The van der Waals surface area contributed by atoms with Gasteiger partial charge in [-0.05, 0) is 61.1 Å². The average Bonchev–Trinajstić information content (AvgIpc) is 3.17. The first kappa shape index (κ1) is 16.5. The van der Waals surface area contributed by atoms with Gasteiger partial charge in [-0.15, -0.1) is 0 Å². The van der Waals surface area contributed by atoms with Gasteiger partial charge in [-0.3, -0.25) is 9.36 Å². The Balaban J connectivity index is 1.35. The lowest BCUT2D eigenvalue weighted by molar-refractivity contribution is 0.0521. The molecule has 2 fully saturated rings. The van der Waals surface area contributed by atoms with Crippen LogP contribution >= 0.6 is 0 Å². The van der Waals surface area contributed by atoms with Crippen molar-refractivity contribution in [3.63, 3.8) is 0 Å². The Labute approximate surface area is 159 Å². The van der Waals surface area contributed by atoms with E-state index in [0.29, 0.717) is 5.92 Å². The molecular formula is C23H25N3O. The summed E-state index contributed by atoms with van der Waals surface area (Å²) in [7, 11) is 0. The SMILES string of the molecule is O=C(c1ccc(-n2cnc3ccccc32)cc1)N1CC[C@H]2CCCC[C@H]2C1. The van der Waals surface area contributed by atoms with Crippen LogP contribution in [-0.2, 0) is 0 Å². The van der Waals surface area contributed by atoms with Crippen molar-refractivity contribution in [3.8, 4) is 5.69 Å². The van der Waals surface area contributed by atoms with Gasteiger partial charge in [-0.2, -0.15) is 0 Å². The van der Waals surface area contributed by atoms with Crippen LogP contribution in [0.1, 0.15) is 42.5 Å². The fourth-order valence-corrected chi connectivity index (χ4v) is 4.90. The largest absolute Gasteiger partial charge is 0.338 e. The summed E-state index contributed by atoms with van der Waals surface area (Å²) in [6.07, 6.45) is 8.38. The number of hydrogen-bond donors (Lipinski definition) is 0. The lowest BCUT2D eigenvalue weighted by atomic mass is 9.75. The van der Waals surface area contributed by atoms with E-state index in [2.05, 4.69) is 20.5 Å². The van der Waals surface area contributed by atoms with Crippen LogP contribution in [0.5, 0.6) is 0 Å². The summed E-state index contributed by atoms with van der Waals surface area (Å²) in [5, 5.41) is 0. The monoisotopic (exact) mass is 359 g/mol. The van der Waals surface area contributed by atoms with Gasteiger partial charge < -0.3 is 4.90 Å². The van der Waals surface area contributed by atoms with Crippen molar-refractivity contribution in [2.24, 2.45) is 11.8 Å². The third-order valence-electron chi connectivity index (χ3n) is 6.42. The van der Waals surface area contributed by atoms with E-state index in [1.165, 1.54) is 32.1 Å². The summed E-state index contributed by atoms with van der Waals surface area (Å²) in [4.78, 5) is 19.5. The van der Waals surface area contributed by atoms with E-state index in [9.17, 15) is 4.79 Å². The van der Waals surface area contributed by atoms with Crippen molar-refractivity contribution in [1.29, 1.82) is 0 Å². The number of para-hydroxylation sites is 2. The molecule has 0 spiro atoms. The van der Waals surface area contributed by atoms with Crippen LogP contribution in [0.2, 0.25) is 0 Å². The lowest BCUT2D eigenvalue weighted by Crippen LogP contribution is -2.44. The van der Waals surface area contributed by atoms with Gasteiger partial charge in [0.05, 0.1) is 11.0 Å². The zero-order chi connectivity index (χ0) is 18.2. The van der Waals surface area contributed by atoms with Crippen molar-refractivity contribution >= 4 is 16.9 Å². The van der Waals surface area contributed by atoms with Crippen molar-refractivity contribution in [3.05, 3.63) is 60.4 Å². The Bertz CT molecular complexity index is 959. The minimum atomic E-state index is 0.182. The maximum absolute atomic E-state index is 13.0. The van der Waals surface area contributed by atoms with Gasteiger partial charge in [0.15, 0.2) is 0 Å². The summed E-state index contributed by atoms with van der Waals surface area (Å²) in [6.45, 7) is 1.85. The summed E-state index contributed by atoms with van der Waals surface area (Å²) < 4.78 is 2.07. The molecule has 138 valence electrons. The van der Waals surface area contributed by atoms with E-state index in [1.807, 2.05) is 48.8 Å². The molecule has 5 rings (SSSR count). The van der Waals surface area contributed by atoms with Crippen LogP contribution in [0.25, 0.3) is 16.7 Å². The minimum absolute atomic E-state index is 0.182. The third-order valence-corrected chi connectivity index (χ3v) is 6.42. The molecule has 0 bridgehead atoms. The lowest BCUT2D eigenvalue weighted by Gasteiger charge is -2.41. The van der Waals surface area contributed by atoms with E-state index in [0.717, 1.165) is 41.3 Å². The van der Waals surface area contributed by atoms with E-state index < -0.39 is 0 Å². The standard InChI is InChI=1S/C23H25N3O/c27-23(25-14-13-17-5-1-2-6-19(17)15-25)18-9-11-20(12-10-18)26-16-24-21-7-3-4-8-22(21)26/h3-4,7-12,16-17,19H,1-2,5-6,13-15H2/t17-,19+/m1/s1. The number of amides is 1. The van der Waals surface area contributed by atoms with Gasteiger partial charge in [-0.25, -0.2) is 4.98 Å². The molecule has 0 radical (unpaired) electrons. The first-order chi connectivity index (χ1) is 13.3. The second-order valence-corrected chi connectivity index (χ2v) is 7.99. The molecule has 2 heterocycles. The van der Waals surface area contributed by atoms with Gasteiger partial charge in [0.25, 0.3) is 5.91 Å². The van der Waals surface area contributed by atoms with Crippen molar-refractivity contribution in [2.45, 2.75) is 32.1 Å². The number of aromatic nitrogens is 2. The Kier molecular flexibility index (Phi) is 4.19. The highest BCUT2D eigenvalue weighted by Crippen LogP contribution is 2.36. The Morgan fingerprint density at radius 2 is 1.70 bits per heavy atom. The van der Waals surface area contributed by atoms with Gasteiger partial charge in [0.2, 0.25) is 0 Å². The van der Waals surface area contributed by atoms with Crippen LogP contribution < -0.4 is 0 Å². The van der Waals surface area contributed by atoms with Gasteiger partial charge >= 0.3 is 0 Å². The van der Waals surface area contributed by atoms with Gasteiger partial charge in [-0.1, -0.05) is 31.4 Å². The van der Waals surface area contributed by atoms with Crippen molar-refractivity contribution in [2.75, 3.05) is 13.1 Å². The quantitative estimate of drug-likeness (QED) is 0.666. The van der Waals surface area contributed by atoms with E-state index in [1.54, 1.807) is 0 Å². The molecule has 0 N–H and O–H groups in total. The number of piperidine rings is 1. The van der Waals surface area contributed by atoms with E-state index >= 15 is 0 Å². The third kappa shape index (κ3) is 3.03. The zero-order valence-corrected chi connectivity index (χ0v) is 15.6. The molecule has 2 aromatic carbocycles. The summed E-state index contributed by atoms with van der Waals surface area (Å²) in [6, 6.07) is 16.1. The second kappa shape index (κ2) is 6.84. The molecule has 1 aliphatic carbocycles. The Morgan fingerprint density at radius 1 is 0.926 bits per heavy atom. The molecular weight excluding hydrogens is 334 g/mol. The van der Waals surface area contributed by atoms with E-state index in [-0.39, 0.29) is 5.91 Å². The maximum atomic E-state index is 13.0. The number of carbonyl (C=O) groups is 1. The smallest absolute Gasteiger partial charge is 0.253 e.